The fourth-order valence-electron chi connectivity index (χ4n) is 2.25. The highest BCUT2D eigenvalue weighted by molar-refractivity contribution is 5.78. The van der Waals surface area contributed by atoms with Crippen molar-refractivity contribution in [3.05, 3.63) is 24.0 Å². The van der Waals surface area contributed by atoms with Crippen LogP contribution in [-0.4, -0.2) is 34.5 Å². The number of aryl methyl sites for hydroxylation is 1. The molecule has 17 heavy (non-hydrogen) atoms. The quantitative estimate of drug-likeness (QED) is 0.830. The average Bonchev–Trinajstić information content (AvgIpc) is 2.86. The molecule has 0 aromatic carbocycles. The number of nitrogens with zero attached hydrogens (tertiary/aromatic N) is 2. The van der Waals surface area contributed by atoms with Crippen LogP contribution >= 0.6 is 0 Å². The number of rotatable bonds is 5. The van der Waals surface area contributed by atoms with Gasteiger partial charge in [-0.3, -0.25) is 4.79 Å². The standard InChI is InChI=1S/C13H21N3O/c1-11(10-16-8-4-6-13(16)17)14-9-12-5-3-7-15(12)2/h3,5,7,11,14H,4,6,8-10H2,1-2H3. The minimum Gasteiger partial charge on any atom is -0.353 e. The molecule has 1 aliphatic rings. The van der Waals surface area contributed by atoms with Crippen LogP contribution in [0, 0.1) is 0 Å². The first-order valence-electron chi connectivity index (χ1n) is 6.28. The Balaban J connectivity index is 1.76. The van der Waals surface area contributed by atoms with E-state index in [1.165, 1.54) is 5.69 Å². The predicted molar refractivity (Wildman–Crippen MR) is 67.5 cm³/mol. The van der Waals surface area contributed by atoms with Gasteiger partial charge in [0, 0.05) is 51.0 Å². The SMILES string of the molecule is CC(CN1CCCC1=O)NCc1cccn1C. The van der Waals surface area contributed by atoms with Crippen LogP contribution in [0.3, 0.4) is 0 Å². The number of nitrogens with one attached hydrogen (secondary N) is 1. The summed E-state index contributed by atoms with van der Waals surface area (Å²) in [7, 11) is 2.05. The molecule has 1 aromatic heterocycles. The van der Waals surface area contributed by atoms with Gasteiger partial charge in [0.2, 0.25) is 5.91 Å². The van der Waals surface area contributed by atoms with Crippen molar-refractivity contribution in [3.8, 4) is 0 Å². The minimum absolute atomic E-state index is 0.303. The lowest BCUT2D eigenvalue weighted by molar-refractivity contribution is -0.127. The van der Waals surface area contributed by atoms with Gasteiger partial charge in [0.05, 0.1) is 0 Å². The Hall–Kier alpha value is -1.29. The van der Waals surface area contributed by atoms with E-state index in [0.717, 1.165) is 32.5 Å². The van der Waals surface area contributed by atoms with Crippen molar-refractivity contribution >= 4 is 5.91 Å². The summed E-state index contributed by atoms with van der Waals surface area (Å²) in [6.45, 7) is 4.74. The molecular formula is C13H21N3O. The largest absolute Gasteiger partial charge is 0.353 e. The first-order valence-corrected chi connectivity index (χ1v) is 6.28. The van der Waals surface area contributed by atoms with Gasteiger partial charge in [0.25, 0.3) is 0 Å². The summed E-state index contributed by atoms with van der Waals surface area (Å²) >= 11 is 0. The zero-order valence-corrected chi connectivity index (χ0v) is 10.6. The van der Waals surface area contributed by atoms with E-state index in [-0.39, 0.29) is 0 Å². The van der Waals surface area contributed by atoms with Gasteiger partial charge >= 0.3 is 0 Å². The first-order chi connectivity index (χ1) is 8.16. The Kier molecular flexibility index (Phi) is 3.84. The van der Waals surface area contributed by atoms with Crippen LogP contribution in [0.5, 0.6) is 0 Å². The number of amides is 1. The number of carbonyl (C=O) groups is 1. The fraction of sp³-hybridized carbons (Fsp3) is 0.615. The van der Waals surface area contributed by atoms with E-state index in [1.54, 1.807) is 0 Å². The third-order valence-electron chi connectivity index (χ3n) is 3.35. The molecule has 2 heterocycles. The van der Waals surface area contributed by atoms with Crippen LogP contribution < -0.4 is 5.32 Å². The molecule has 0 radical (unpaired) electrons. The minimum atomic E-state index is 0.303. The highest BCUT2D eigenvalue weighted by atomic mass is 16.2. The first kappa shape index (κ1) is 12.2. The molecule has 1 fully saturated rings. The van der Waals surface area contributed by atoms with E-state index < -0.39 is 0 Å². The van der Waals surface area contributed by atoms with Crippen LogP contribution in [-0.2, 0) is 18.4 Å². The molecule has 4 nitrogen and oxygen atoms in total. The van der Waals surface area contributed by atoms with Gasteiger partial charge in [-0.05, 0) is 25.5 Å². The average molecular weight is 235 g/mol. The Morgan fingerprint density at radius 3 is 2.94 bits per heavy atom. The second-order valence-corrected chi connectivity index (χ2v) is 4.84. The van der Waals surface area contributed by atoms with Gasteiger partial charge in [-0.2, -0.15) is 0 Å². The monoisotopic (exact) mass is 235 g/mol. The van der Waals surface area contributed by atoms with E-state index in [2.05, 4.69) is 22.9 Å². The van der Waals surface area contributed by atoms with E-state index in [1.807, 2.05) is 24.2 Å². The zero-order chi connectivity index (χ0) is 12.3. The second-order valence-electron chi connectivity index (χ2n) is 4.84. The Labute approximate surface area is 103 Å². The van der Waals surface area contributed by atoms with Crippen molar-refractivity contribution < 1.29 is 4.79 Å². The maximum atomic E-state index is 11.5. The summed E-state index contributed by atoms with van der Waals surface area (Å²) in [5, 5.41) is 3.46. The van der Waals surface area contributed by atoms with E-state index in [9.17, 15) is 4.79 Å². The maximum absolute atomic E-state index is 11.5. The Morgan fingerprint density at radius 1 is 1.53 bits per heavy atom. The van der Waals surface area contributed by atoms with E-state index in [0.29, 0.717) is 11.9 Å². The van der Waals surface area contributed by atoms with Crippen molar-refractivity contribution in [2.75, 3.05) is 13.1 Å². The number of hydrogen-bond donors (Lipinski definition) is 1. The van der Waals surface area contributed by atoms with Gasteiger partial charge in [-0.25, -0.2) is 0 Å². The molecule has 1 amide bonds. The number of aromatic nitrogens is 1. The molecule has 1 aromatic rings. The number of likely N-dealkylation sites (tertiary alicyclic amines) is 1. The van der Waals surface area contributed by atoms with Gasteiger partial charge in [-0.1, -0.05) is 0 Å². The van der Waals surface area contributed by atoms with Crippen LogP contribution in [0.4, 0.5) is 0 Å². The Bertz CT molecular complexity index is 386. The third-order valence-corrected chi connectivity index (χ3v) is 3.35. The Morgan fingerprint density at radius 2 is 2.35 bits per heavy atom. The molecule has 2 rings (SSSR count). The van der Waals surface area contributed by atoms with Crippen molar-refractivity contribution in [1.29, 1.82) is 0 Å². The van der Waals surface area contributed by atoms with Crippen LogP contribution in [0.1, 0.15) is 25.5 Å². The molecule has 0 saturated carbocycles. The molecule has 0 aliphatic carbocycles. The number of hydrogen-bond acceptors (Lipinski definition) is 2. The molecule has 0 spiro atoms. The summed E-state index contributed by atoms with van der Waals surface area (Å²) in [6, 6.07) is 4.50. The summed E-state index contributed by atoms with van der Waals surface area (Å²) in [4.78, 5) is 13.5. The maximum Gasteiger partial charge on any atom is 0.222 e. The fourth-order valence-corrected chi connectivity index (χ4v) is 2.25. The second kappa shape index (κ2) is 5.36. The topological polar surface area (TPSA) is 37.3 Å². The molecule has 1 aliphatic heterocycles. The van der Waals surface area contributed by atoms with Gasteiger partial charge in [0.15, 0.2) is 0 Å². The lowest BCUT2D eigenvalue weighted by Crippen LogP contribution is -2.39. The van der Waals surface area contributed by atoms with Gasteiger partial charge < -0.3 is 14.8 Å². The summed E-state index contributed by atoms with van der Waals surface area (Å²) in [5.41, 5.74) is 1.27. The third kappa shape index (κ3) is 3.09. The van der Waals surface area contributed by atoms with Crippen molar-refractivity contribution in [2.24, 2.45) is 7.05 Å². The molecule has 1 unspecified atom stereocenters. The molecule has 94 valence electrons. The van der Waals surface area contributed by atoms with Crippen molar-refractivity contribution in [1.82, 2.24) is 14.8 Å². The van der Waals surface area contributed by atoms with Crippen molar-refractivity contribution in [2.45, 2.75) is 32.4 Å². The lowest BCUT2D eigenvalue weighted by atomic mass is 10.3. The van der Waals surface area contributed by atoms with Crippen molar-refractivity contribution in [3.63, 3.8) is 0 Å². The van der Waals surface area contributed by atoms with Crippen LogP contribution in [0.25, 0.3) is 0 Å². The molecule has 4 heteroatoms. The highest BCUT2D eigenvalue weighted by Crippen LogP contribution is 2.10. The molecule has 1 N–H and O–H groups in total. The summed E-state index contributed by atoms with van der Waals surface area (Å²) < 4.78 is 2.11. The van der Waals surface area contributed by atoms with Crippen LogP contribution in [0.2, 0.25) is 0 Å². The molecule has 1 atom stereocenters. The molecule has 0 bridgehead atoms. The van der Waals surface area contributed by atoms with Gasteiger partial charge in [0.1, 0.15) is 0 Å². The smallest absolute Gasteiger partial charge is 0.222 e. The van der Waals surface area contributed by atoms with Crippen LogP contribution in [0.15, 0.2) is 18.3 Å². The van der Waals surface area contributed by atoms with Gasteiger partial charge in [-0.15, -0.1) is 0 Å². The van der Waals surface area contributed by atoms with E-state index >= 15 is 0 Å². The molecular weight excluding hydrogens is 214 g/mol. The van der Waals surface area contributed by atoms with E-state index in [4.69, 9.17) is 0 Å². The highest BCUT2D eigenvalue weighted by Gasteiger charge is 2.21. The lowest BCUT2D eigenvalue weighted by Gasteiger charge is -2.21. The normalized spacial score (nSPS) is 17.8. The summed E-state index contributed by atoms with van der Waals surface area (Å²) in [5.74, 6) is 0.303. The number of carbonyl (C=O) groups excluding carboxylic acids is 1. The predicted octanol–water partition coefficient (Wildman–Crippen LogP) is 1.13. The molecule has 1 saturated heterocycles. The summed E-state index contributed by atoms with van der Waals surface area (Å²) in [6.07, 6.45) is 3.79. The zero-order valence-electron chi connectivity index (χ0n) is 10.6.